The summed E-state index contributed by atoms with van der Waals surface area (Å²) in [6, 6.07) is 2.25. The van der Waals surface area contributed by atoms with Gasteiger partial charge < -0.3 is 10.3 Å². The zero-order valence-corrected chi connectivity index (χ0v) is 12.1. The lowest BCUT2D eigenvalue weighted by atomic mass is 10.1. The highest BCUT2D eigenvalue weighted by molar-refractivity contribution is 7.09. The summed E-state index contributed by atoms with van der Waals surface area (Å²) in [5, 5.41) is 3.36. The summed E-state index contributed by atoms with van der Waals surface area (Å²) < 4.78 is 2.16. The van der Waals surface area contributed by atoms with E-state index in [0.717, 1.165) is 18.7 Å². The van der Waals surface area contributed by atoms with Gasteiger partial charge in [-0.1, -0.05) is 20.8 Å². The molecule has 0 saturated heterocycles. The molecule has 0 aromatic carbocycles. The predicted octanol–water partition coefficient (Wildman–Crippen LogP) is 3.53. The standard InChI is InChI=1S/C14H21N3S/c1-4-13(15)11-5-6-17(7-11)8-12-9-18-14(16-12)10(2)3/h5-7,9-10,13H,4,8,15H2,1-3H3. The van der Waals surface area contributed by atoms with Crippen molar-refractivity contribution in [2.24, 2.45) is 5.73 Å². The minimum absolute atomic E-state index is 0.146. The maximum atomic E-state index is 6.02. The Morgan fingerprint density at radius 1 is 1.44 bits per heavy atom. The van der Waals surface area contributed by atoms with Gasteiger partial charge in [0, 0.05) is 29.7 Å². The van der Waals surface area contributed by atoms with Crippen LogP contribution in [0.4, 0.5) is 0 Å². The number of nitrogens with zero attached hydrogens (tertiary/aromatic N) is 2. The van der Waals surface area contributed by atoms with Crippen LogP contribution in [0.25, 0.3) is 0 Å². The van der Waals surface area contributed by atoms with E-state index in [9.17, 15) is 0 Å². The van der Waals surface area contributed by atoms with Crippen molar-refractivity contribution in [2.75, 3.05) is 0 Å². The van der Waals surface area contributed by atoms with Crippen molar-refractivity contribution in [3.63, 3.8) is 0 Å². The summed E-state index contributed by atoms with van der Waals surface area (Å²) in [6.45, 7) is 7.30. The lowest BCUT2D eigenvalue weighted by Crippen LogP contribution is -2.07. The minimum atomic E-state index is 0.146. The molecule has 0 amide bonds. The fourth-order valence-corrected chi connectivity index (χ4v) is 2.69. The number of hydrogen-bond donors (Lipinski definition) is 1. The molecule has 0 aliphatic heterocycles. The molecule has 2 heterocycles. The van der Waals surface area contributed by atoms with E-state index >= 15 is 0 Å². The number of thiazole rings is 1. The molecule has 0 aliphatic rings. The lowest BCUT2D eigenvalue weighted by molar-refractivity contribution is 0.691. The van der Waals surface area contributed by atoms with E-state index in [-0.39, 0.29) is 6.04 Å². The van der Waals surface area contributed by atoms with Crippen molar-refractivity contribution < 1.29 is 0 Å². The van der Waals surface area contributed by atoms with Gasteiger partial charge in [-0.25, -0.2) is 4.98 Å². The molecule has 3 nitrogen and oxygen atoms in total. The van der Waals surface area contributed by atoms with E-state index in [1.807, 2.05) is 0 Å². The molecule has 0 saturated carbocycles. The summed E-state index contributed by atoms with van der Waals surface area (Å²) in [4.78, 5) is 4.65. The summed E-state index contributed by atoms with van der Waals surface area (Å²) in [5.41, 5.74) is 8.36. The topological polar surface area (TPSA) is 43.8 Å². The third-order valence-electron chi connectivity index (χ3n) is 3.05. The number of rotatable bonds is 5. The summed E-state index contributed by atoms with van der Waals surface area (Å²) in [5.74, 6) is 0.512. The molecular formula is C14H21N3S. The Bertz CT molecular complexity index is 499. The summed E-state index contributed by atoms with van der Waals surface area (Å²) in [7, 11) is 0. The Kier molecular flexibility index (Phi) is 4.19. The highest BCUT2D eigenvalue weighted by Crippen LogP contribution is 2.20. The Morgan fingerprint density at radius 3 is 2.83 bits per heavy atom. The number of aromatic nitrogens is 2. The monoisotopic (exact) mass is 263 g/mol. The quantitative estimate of drug-likeness (QED) is 0.897. The molecule has 98 valence electrons. The van der Waals surface area contributed by atoms with Crippen LogP contribution < -0.4 is 5.73 Å². The molecule has 0 aliphatic carbocycles. The molecule has 2 N–H and O–H groups in total. The molecular weight excluding hydrogens is 242 g/mol. The molecule has 2 aromatic rings. The Balaban J connectivity index is 2.06. The fraction of sp³-hybridized carbons (Fsp3) is 0.500. The molecule has 2 rings (SSSR count). The first kappa shape index (κ1) is 13.3. The average Bonchev–Trinajstić information content (AvgIpc) is 2.98. The van der Waals surface area contributed by atoms with E-state index in [1.165, 1.54) is 10.6 Å². The van der Waals surface area contributed by atoms with E-state index in [0.29, 0.717) is 5.92 Å². The van der Waals surface area contributed by atoms with Gasteiger partial charge in [-0.2, -0.15) is 0 Å². The van der Waals surface area contributed by atoms with Crippen LogP contribution in [0.1, 0.15) is 55.4 Å². The molecule has 1 atom stereocenters. The van der Waals surface area contributed by atoms with Crippen molar-refractivity contribution in [1.82, 2.24) is 9.55 Å². The lowest BCUT2D eigenvalue weighted by Gasteiger charge is -2.05. The second-order valence-electron chi connectivity index (χ2n) is 4.96. The van der Waals surface area contributed by atoms with Crippen LogP contribution in [0, 0.1) is 0 Å². The Labute approximate surface area is 113 Å². The third kappa shape index (κ3) is 3.00. The highest BCUT2D eigenvalue weighted by Gasteiger charge is 2.08. The second kappa shape index (κ2) is 5.67. The smallest absolute Gasteiger partial charge is 0.0954 e. The Morgan fingerprint density at radius 2 is 2.22 bits per heavy atom. The second-order valence-corrected chi connectivity index (χ2v) is 5.85. The van der Waals surface area contributed by atoms with Crippen molar-refractivity contribution in [1.29, 1.82) is 0 Å². The molecule has 1 unspecified atom stereocenters. The first-order chi connectivity index (χ1) is 8.60. The normalized spacial score (nSPS) is 13.2. The van der Waals surface area contributed by atoms with Gasteiger partial charge in [0.2, 0.25) is 0 Å². The van der Waals surface area contributed by atoms with Crippen LogP contribution in [0.15, 0.2) is 23.8 Å². The molecule has 18 heavy (non-hydrogen) atoms. The maximum Gasteiger partial charge on any atom is 0.0954 e. The van der Waals surface area contributed by atoms with E-state index in [1.54, 1.807) is 11.3 Å². The van der Waals surface area contributed by atoms with Gasteiger partial charge in [-0.05, 0) is 18.1 Å². The van der Waals surface area contributed by atoms with Crippen molar-refractivity contribution in [2.45, 2.75) is 45.7 Å². The number of hydrogen-bond acceptors (Lipinski definition) is 3. The van der Waals surface area contributed by atoms with Gasteiger partial charge in [-0.3, -0.25) is 0 Å². The van der Waals surface area contributed by atoms with Crippen molar-refractivity contribution in [3.8, 4) is 0 Å². The van der Waals surface area contributed by atoms with Crippen molar-refractivity contribution in [3.05, 3.63) is 40.1 Å². The van der Waals surface area contributed by atoms with Crippen LogP contribution in [0.2, 0.25) is 0 Å². The van der Waals surface area contributed by atoms with E-state index in [2.05, 4.69) is 54.2 Å². The summed E-state index contributed by atoms with van der Waals surface area (Å²) in [6.07, 6.45) is 5.18. The van der Waals surface area contributed by atoms with Crippen LogP contribution in [0.3, 0.4) is 0 Å². The maximum absolute atomic E-state index is 6.02. The molecule has 0 radical (unpaired) electrons. The van der Waals surface area contributed by atoms with E-state index in [4.69, 9.17) is 5.73 Å². The fourth-order valence-electron chi connectivity index (χ4n) is 1.86. The third-order valence-corrected chi connectivity index (χ3v) is 4.24. The first-order valence-electron chi connectivity index (χ1n) is 6.45. The van der Waals surface area contributed by atoms with Crippen LogP contribution in [-0.2, 0) is 6.54 Å². The van der Waals surface area contributed by atoms with Crippen LogP contribution in [-0.4, -0.2) is 9.55 Å². The zero-order chi connectivity index (χ0) is 13.1. The molecule has 2 aromatic heterocycles. The van der Waals surface area contributed by atoms with Gasteiger partial charge in [0.15, 0.2) is 0 Å². The molecule has 4 heteroatoms. The molecule has 0 bridgehead atoms. The van der Waals surface area contributed by atoms with Gasteiger partial charge in [0.05, 0.1) is 17.2 Å². The minimum Gasteiger partial charge on any atom is -0.348 e. The highest BCUT2D eigenvalue weighted by atomic mass is 32.1. The van der Waals surface area contributed by atoms with Crippen molar-refractivity contribution >= 4 is 11.3 Å². The number of nitrogens with two attached hydrogens (primary N) is 1. The van der Waals surface area contributed by atoms with E-state index < -0.39 is 0 Å². The molecule has 0 fully saturated rings. The largest absolute Gasteiger partial charge is 0.348 e. The Hall–Kier alpha value is -1.13. The first-order valence-corrected chi connectivity index (χ1v) is 7.33. The average molecular weight is 263 g/mol. The van der Waals surface area contributed by atoms with Crippen LogP contribution >= 0.6 is 11.3 Å². The van der Waals surface area contributed by atoms with Gasteiger partial charge in [0.25, 0.3) is 0 Å². The van der Waals surface area contributed by atoms with Gasteiger partial charge in [0.1, 0.15) is 0 Å². The van der Waals surface area contributed by atoms with Gasteiger partial charge >= 0.3 is 0 Å². The zero-order valence-electron chi connectivity index (χ0n) is 11.3. The molecule has 0 spiro atoms. The SMILES string of the molecule is CCC(N)c1ccn(Cc2csc(C(C)C)n2)c1. The van der Waals surface area contributed by atoms with Crippen LogP contribution in [0.5, 0.6) is 0 Å². The van der Waals surface area contributed by atoms with Gasteiger partial charge in [-0.15, -0.1) is 11.3 Å². The predicted molar refractivity (Wildman–Crippen MR) is 77.0 cm³/mol. The summed E-state index contributed by atoms with van der Waals surface area (Å²) >= 11 is 1.75.